The van der Waals surface area contributed by atoms with Crippen LogP contribution in [0, 0.1) is 0 Å². The van der Waals surface area contributed by atoms with E-state index in [1.54, 1.807) is 24.3 Å². The van der Waals surface area contributed by atoms with Gasteiger partial charge in [0.1, 0.15) is 23.9 Å². The molecular weight excluding hydrogens is 376 g/mol. The Kier molecular flexibility index (Phi) is 7.23. The summed E-state index contributed by atoms with van der Waals surface area (Å²) in [6.07, 6.45) is 7.29. The van der Waals surface area contributed by atoms with Gasteiger partial charge >= 0.3 is 0 Å². The summed E-state index contributed by atoms with van der Waals surface area (Å²) >= 11 is 0. The van der Waals surface area contributed by atoms with Gasteiger partial charge in [-0.15, -0.1) is 0 Å². The van der Waals surface area contributed by atoms with E-state index in [1.165, 1.54) is 24.3 Å². The van der Waals surface area contributed by atoms with E-state index >= 15 is 0 Å². The highest BCUT2D eigenvalue weighted by atomic mass is 16.5. The molecule has 0 atom stereocenters. The standard InChI is InChI=1S/C26H22O4/c27-23-12-6-20(7-13-23)8-14-24(28)18-25(29)15-9-21-10-16-26(17-11-21)30-19-22-4-2-1-3-5-22/h1-18,27,29H,19H2/b14-8+,15-9+,25-18-. The van der Waals surface area contributed by atoms with E-state index in [0.717, 1.165) is 28.5 Å². The molecule has 30 heavy (non-hydrogen) atoms. The summed E-state index contributed by atoms with van der Waals surface area (Å²) in [5.74, 6) is 0.442. The molecule has 0 radical (unpaired) electrons. The van der Waals surface area contributed by atoms with Gasteiger partial charge in [-0.2, -0.15) is 0 Å². The maximum absolute atomic E-state index is 11.9. The predicted octanol–water partition coefficient (Wildman–Crippen LogP) is 5.71. The van der Waals surface area contributed by atoms with Gasteiger partial charge in [0.15, 0.2) is 5.78 Å². The van der Waals surface area contributed by atoms with Gasteiger partial charge in [0, 0.05) is 6.08 Å². The third kappa shape index (κ3) is 6.84. The lowest BCUT2D eigenvalue weighted by Gasteiger charge is -2.06. The van der Waals surface area contributed by atoms with Gasteiger partial charge in [-0.05, 0) is 53.1 Å². The molecule has 0 saturated heterocycles. The van der Waals surface area contributed by atoms with Gasteiger partial charge in [0.2, 0.25) is 0 Å². The maximum atomic E-state index is 11.9. The second kappa shape index (κ2) is 10.5. The Balaban J connectivity index is 1.52. The molecule has 0 fully saturated rings. The topological polar surface area (TPSA) is 66.8 Å². The number of rotatable bonds is 8. The van der Waals surface area contributed by atoms with Crippen molar-refractivity contribution < 1.29 is 19.7 Å². The Morgan fingerprint density at radius 1 is 0.800 bits per heavy atom. The van der Waals surface area contributed by atoms with Crippen LogP contribution >= 0.6 is 0 Å². The fourth-order valence-electron chi connectivity index (χ4n) is 2.60. The molecule has 3 rings (SSSR count). The first kappa shape index (κ1) is 20.7. The van der Waals surface area contributed by atoms with Crippen LogP contribution in [0.5, 0.6) is 11.5 Å². The molecule has 4 nitrogen and oxygen atoms in total. The highest BCUT2D eigenvalue weighted by Crippen LogP contribution is 2.16. The summed E-state index contributed by atoms with van der Waals surface area (Å²) in [5, 5.41) is 19.2. The number of carbonyl (C=O) groups excluding carboxylic acids is 1. The second-order valence-electron chi connectivity index (χ2n) is 6.57. The Morgan fingerprint density at radius 2 is 1.40 bits per heavy atom. The van der Waals surface area contributed by atoms with E-state index in [2.05, 4.69) is 0 Å². The van der Waals surface area contributed by atoms with Crippen molar-refractivity contribution in [3.63, 3.8) is 0 Å². The van der Waals surface area contributed by atoms with Crippen molar-refractivity contribution in [2.24, 2.45) is 0 Å². The lowest BCUT2D eigenvalue weighted by atomic mass is 10.1. The number of hydrogen-bond donors (Lipinski definition) is 2. The monoisotopic (exact) mass is 398 g/mol. The number of ketones is 1. The van der Waals surface area contributed by atoms with Crippen LogP contribution in [0.15, 0.2) is 103 Å². The number of phenolic OH excluding ortho intramolecular Hbond substituents is 1. The zero-order chi connectivity index (χ0) is 21.2. The van der Waals surface area contributed by atoms with Crippen LogP contribution in [0.2, 0.25) is 0 Å². The minimum atomic E-state index is -0.338. The van der Waals surface area contributed by atoms with Crippen molar-refractivity contribution >= 4 is 17.9 Å². The Labute approximate surface area is 175 Å². The van der Waals surface area contributed by atoms with Crippen LogP contribution in [0.4, 0.5) is 0 Å². The molecule has 0 bridgehead atoms. The number of aliphatic hydroxyl groups excluding tert-OH is 1. The second-order valence-corrected chi connectivity index (χ2v) is 6.57. The minimum absolute atomic E-state index is 0.139. The fourth-order valence-corrected chi connectivity index (χ4v) is 2.60. The zero-order valence-electron chi connectivity index (χ0n) is 16.3. The Morgan fingerprint density at radius 3 is 2.07 bits per heavy atom. The van der Waals surface area contributed by atoms with E-state index in [0.29, 0.717) is 6.61 Å². The molecule has 2 N–H and O–H groups in total. The molecule has 0 unspecified atom stereocenters. The molecule has 0 aliphatic carbocycles. The van der Waals surface area contributed by atoms with Gasteiger partial charge in [-0.1, -0.05) is 66.7 Å². The number of ether oxygens (including phenoxy) is 1. The van der Waals surface area contributed by atoms with E-state index in [-0.39, 0.29) is 17.3 Å². The first-order valence-electron chi connectivity index (χ1n) is 9.45. The normalized spacial score (nSPS) is 11.8. The SMILES string of the molecule is O=C(/C=C(O)/C=C/c1ccc(OCc2ccccc2)cc1)/C=C/c1ccc(O)cc1. The number of hydrogen-bond acceptors (Lipinski definition) is 4. The molecule has 3 aromatic carbocycles. The van der Waals surface area contributed by atoms with Gasteiger partial charge in [-0.3, -0.25) is 4.79 Å². The van der Waals surface area contributed by atoms with Crippen LogP contribution in [-0.4, -0.2) is 16.0 Å². The Hall–Kier alpha value is -4.05. The van der Waals surface area contributed by atoms with Gasteiger partial charge < -0.3 is 14.9 Å². The summed E-state index contributed by atoms with van der Waals surface area (Å²) in [5.41, 5.74) is 2.74. The summed E-state index contributed by atoms with van der Waals surface area (Å²) in [4.78, 5) is 11.9. The lowest BCUT2D eigenvalue weighted by Crippen LogP contribution is -1.94. The molecule has 3 aromatic rings. The van der Waals surface area contributed by atoms with Gasteiger partial charge in [0.25, 0.3) is 0 Å². The maximum Gasteiger partial charge on any atom is 0.182 e. The number of aromatic hydroxyl groups is 1. The summed E-state index contributed by atoms with van der Waals surface area (Å²) < 4.78 is 5.74. The van der Waals surface area contributed by atoms with E-state index < -0.39 is 0 Å². The third-order valence-corrected chi connectivity index (χ3v) is 4.20. The number of benzene rings is 3. The highest BCUT2D eigenvalue weighted by Gasteiger charge is 1.97. The summed E-state index contributed by atoms with van der Waals surface area (Å²) in [6, 6.07) is 23.8. The van der Waals surface area contributed by atoms with E-state index in [9.17, 15) is 15.0 Å². The molecule has 150 valence electrons. The van der Waals surface area contributed by atoms with Crippen LogP contribution in [-0.2, 0) is 11.4 Å². The zero-order valence-corrected chi connectivity index (χ0v) is 16.3. The van der Waals surface area contributed by atoms with Crippen molar-refractivity contribution in [1.82, 2.24) is 0 Å². The molecule has 0 aliphatic heterocycles. The fraction of sp³-hybridized carbons (Fsp3) is 0.0385. The number of aliphatic hydroxyl groups is 1. The molecule has 4 heteroatoms. The van der Waals surface area contributed by atoms with E-state index in [4.69, 9.17) is 4.74 Å². The molecule has 0 aromatic heterocycles. The quantitative estimate of drug-likeness (QED) is 0.290. The highest BCUT2D eigenvalue weighted by molar-refractivity contribution is 6.02. The van der Waals surface area contributed by atoms with Crippen LogP contribution in [0.1, 0.15) is 16.7 Å². The van der Waals surface area contributed by atoms with Crippen molar-refractivity contribution in [2.75, 3.05) is 0 Å². The number of allylic oxidation sites excluding steroid dienone is 3. The lowest BCUT2D eigenvalue weighted by molar-refractivity contribution is -0.110. The predicted molar refractivity (Wildman–Crippen MR) is 119 cm³/mol. The average molecular weight is 398 g/mol. The molecule has 0 aliphatic rings. The smallest absolute Gasteiger partial charge is 0.182 e. The van der Waals surface area contributed by atoms with Crippen LogP contribution in [0.3, 0.4) is 0 Å². The molecule has 0 heterocycles. The van der Waals surface area contributed by atoms with Gasteiger partial charge in [-0.25, -0.2) is 0 Å². The van der Waals surface area contributed by atoms with Crippen molar-refractivity contribution in [3.8, 4) is 11.5 Å². The Bertz CT molecular complexity index is 1040. The first-order chi connectivity index (χ1) is 14.6. The van der Waals surface area contributed by atoms with Crippen molar-refractivity contribution in [2.45, 2.75) is 6.61 Å². The summed E-state index contributed by atoms with van der Waals surface area (Å²) in [6.45, 7) is 0.499. The van der Waals surface area contributed by atoms with Crippen LogP contribution in [0.25, 0.3) is 12.2 Å². The molecule has 0 spiro atoms. The molecular formula is C26H22O4. The third-order valence-electron chi connectivity index (χ3n) is 4.20. The average Bonchev–Trinajstić information content (AvgIpc) is 2.77. The number of carbonyl (C=O) groups is 1. The van der Waals surface area contributed by atoms with Crippen molar-refractivity contribution in [3.05, 3.63) is 120 Å². The molecule has 0 amide bonds. The van der Waals surface area contributed by atoms with Crippen LogP contribution < -0.4 is 4.74 Å². The number of phenols is 1. The summed E-state index contributed by atoms with van der Waals surface area (Å²) in [7, 11) is 0. The van der Waals surface area contributed by atoms with E-state index in [1.807, 2.05) is 54.6 Å². The molecule has 0 saturated carbocycles. The largest absolute Gasteiger partial charge is 0.508 e. The minimum Gasteiger partial charge on any atom is -0.508 e. The first-order valence-corrected chi connectivity index (χ1v) is 9.45. The van der Waals surface area contributed by atoms with Crippen molar-refractivity contribution in [1.29, 1.82) is 0 Å². The van der Waals surface area contributed by atoms with Gasteiger partial charge in [0.05, 0.1) is 0 Å².